The first-order valence-corrected chi connectivity index (χ1v) is 13.4. The number of sulfonamides is 2. The van der Waals surface area contributed by atoms with Crippen LogP contribution in [0.1, 0.15) is 18.4 Å². The highest BCUT2D eigenvalue weighted by molar-refractivity contribution is 7.89. The van der Waals surface area contributed by atoms with E-state index in [0.717, 1.165) is 9.87 Å². The third kappa shape index (κ3) is 4.07. The zero-order valence-electron chi connectivity index (χ0n) is 18.1. The molecular formula is C22H27N3O5S2. The quantitative estimate of drug-likeness (QED) is 0.656. The van der Waals surface area contributed by atoms with Gasteiger partial charge in [-0.1, -0.05) is 18.2 Å². The molecule has 0 bridgehead atoms. The van der Waals surface area contributed by atoms with E-state index < -0.39 is 26.0 Å². The second kappa shape index (κ2) is 8.58. The van der Waals surface area contributed by atoms with Crippen LogP contribution in [0, 0.1) is 5.92 Å². The van der Waals surface area contributed by atoms with E-state index in [9.17, 15) is 21.6 Å². The van der Waals surface area contributed by atoms with E-state index in [1.54, 1.807) is 47.4 Å². The summed E-state index contributed by atoms with van der Waals surface area (Å²) in [5.41, 5.74) is 1.52. The average Bonchev–Trinajstić information content (AvgIpc) is 3.22. The number of benzene rings is 2. The Morgan fingerprint density at radius 2 is 1.69 bits per heavy atom. The monoisotopic (exact) mass is 477 g/mol. The number of carbonyl (C=O) groups excluding carboxylic acids is 1. The van der Waals surface area contributed by atoms with Crippen LogP contribution >= 0.6 is 0 Å². The van der Waals surface area contributed by atoms with Gasteiger partial charge in [0.25, 0.3) is 0 Å². The number of hydrogen-bond donors (Lipinski definition) is 0. The summed E-state index contributed by atoms with van der Waals surface area (Å²) in [6.07, 6.45) is 1.80. The van der Waals surface area contributed by atoms with E-state index in [-0.39, 0.29) is 22.2 Å². The first-order chi connectivity index (χ1) is 15.1. The van der Waals surface area contributed by atoms with Crippen molar-refractivity contribution in [2.24, 2.45) is 5.92 Å². The topological polar surface area (TPSA) is 95.1 Å². The maximum atomic E-state index is 13.3. The lowest BCUT2D eigenvalue weighted by atomic mass is 9.98. The van der Waals surface area contributed by atoms with Crippen LogP contribution in [0.4, 0.5) is 5.69 Å². The number of fused-ring (bicyclic) bond motifs is 1. The Bertz CT molecular complexity index is 1230. The minimum Gasteiger partial charge on any atom is -0.312 e. The fraction of sp³-hybridized carbons (Fsp3) is 0.409. The van der Waals surface area contributed by atoms with Crippen molar-refractivity contribution in [1.82, 2.24) is 8.61 Å². The van der Waals surface area contributed by atoms with Gasteiger partial charge in [0.05, 0.1) is 15.7 Å². The van der Waals surface area contributed by atoms with Crippen LogP contribution in [0.2, 0.25) is 0 Å². The van der Waals surface area contributed by atoms with Crippen LogP contribution in [0.5, 0.6) is 0 Å². The Labute approximate surface area is 189 Å². The molecule has 0 N–H and O–H groups in total. The lowest BCUT2D eigenvalue weighted by molar-refractivity contribution is -0.123. The summed E-state index contributed by atoms with van der Waals surface area (Å²) in [7, 11) is -4.24. The SMILES string of the molecule is CN(C)S(=O)(=O)c1ccc2c(c1)CCN2C(=O)C1CCCN(S(=O)(=O)c2ccccc2)C1. The molecule has 0 radical (unpaired) electrons. The first kappa shape index (κ1) is 22.9. The molecule has 2 aliphatic rings. The summed E-state index contributed by atoms with van der Waals surface area (Å²) in [4.78, 5) is 15.4. The lowest BCUT2D eigenvalue weighted by Crippen LogP contribution is -2.46. The zero-order chi connectivity index (χ0) is 23.1. The molecule has 1 saturated heterocycles. The smallest absolute Gasteiger partial charge is 0.243 e. The molecule has 2 aliphatic heterocycles. The van der Waals surface area contributed by atoms with E-state index in [4.69, 9.17) is 0 Å². The minimum absolute atomic E-state index is 0.111. The van der Waals surface area contributed by atoms with Crippen LogP contribution in [-0.2, 0) is 31.3 Å². The largest absolute Gasteiger partial charge is 0.312 e. The number of amides is 1. The van der Waals surface area contributed by atoms with Gasteiger partial charge in [-0.2, -0.15) is 4.31 Å². The van der Waals surface area contributed by atoms with Crippen molar-refractivity contribution < 1.29 is 21.6 Å². The fourth-order valence-electron chi connectivity index (χ4n) is 4.30. The number of rotatable bonds is 5. The van der Waals surface area contributed by atoms with E-state index in [1.165, 1.54) is 24.5 Å². The molecule has 0 spiro atoms. The standard InChI is InChI=1S/C22H27N3O5S2/c1-23(2)31(27,28)20-10-11-21-17(15-20)12-14-25(21)22(26)18-7-6-13-24(16-18)32(29,30)19-8-4-3-5-9-19/h3-5,8-11,15,18H,6-7,12-14,16H2,1-2H3. The van der Waals surface area contributed by atoms with Crippen molar-refractivity contribution in [2.75, 3.05) is 38.6 Å². The molecule has 1 fully saturated rings. The summed E-state index contributed by atoms with van der Waals surface area (Å²) >= 11 is 0. The van der Waals surface area contributed by atoms with Gasteiger partial charge in [0.1, 0.15) is 0 Å². The molecule has 0 aliphatic carbocycles. The summed E-state index contributed by atoms with van der Waals surface area (Å²) in [5, 5.41) is 0. The van der Waals surface area contributed by atoms with Crippen molar-refractivity contribution in [2.45, 2.75) is 29.1 Å². The Hall–Kier alpha value is -2.27. The third-order valence-electron chi connectivity index (χ3n) is 6.11. The Morgan fingerprint density at radius 1 is 0.969 bits per heavy atom. The van der Waals surface area contributed by atoms with Crippen LogP contribution in [0.15, 0.2) is 58.3 Å². The fourth-order valence-corrected chi connectivity index (χ4v) is 6.80. The molecule has 0 aromatic heterocycles. The van der Waals surface area contributed by atoms with Crippen LogP contribution in [0.25, 0.3) is 0 Å². The normalized spacial score (nSPS) is 19.8. The van der Waals surface area contributed by atoms with Crippen LogP contribution in [0.3, 0.4) is 0 Å². The predicted molar refractivity (Wildman–Crippen MR) is 121 cm³/mol. The van der Waals surface area contributed by atoms with Gasteiger partial charge in [-0.05, 0) is 55.2 Å². The van der Waals surface area contributed by atoms with Crippen LogP contribution in [-0.4, -0.2) is 65.1 Å². The van der Waals surface area contributed by atoms with Crippen molar-refractivity contribution in [1.29, 1.82) is 0 Å². The summed E-state index contributed by atoms with van der Waals surface area (Å²) < 4.78 is 53.4. The summed E-state index contributed by atoms with van der Waals surface area (Å²) in [6.45, 7) is 1.000. The van der Waals surface area contributed by atoms with E-state index in [2.05, 4.69) is 0 Å². The highest BCUT2D eigenvalue weighted by atomic mass is 32.2. The Morgan fingerprint density at radius 3 is 2.38 bits per heavy atom. The van der Waals surface area contributed by atoms with Gasteiger partial charge in [-0.25, -0.2) is 21.1 Å². The molecule has 172 valence electrons. The zero-order valence-corrected chi connectivity index (χ0v) is 19.8. The first-order valence-electron chi connectivity index (χ1n) is 10.5. The number of piperidine rings is 1. The average molecular weight is 478 g/mol. The third-order valence-corrected chi connectivity index (χ3v) is 9.80. The molecule has 0 saturated carbocycles. The molecule has 32 heavy (non-hydrogen) atoms. The van der Waals surface area contributed by atoms with Crippen molar-refractivity contribution in [3.05, 3.63) is 54.1 Å². The molecule has 2 heterocycles. The van der Waals surface area contributed by atoms with E-state index >= 15 is 0 Å². The van der Waals surface area contributed by atoms with Crippen molar-refractivity contribution >= 4 is 31.6 Å². The highest BCUT2D eigenvalue weighted by Gasteiger charge is 2.37. The Balaban J connectivity index is 1.54. The lowest BCUT2D eigenvalue weighted by Gasteiger charge is -2.33. The summed E-state index contributed by atoms with van der Waals surface area (Å²) in [5.74, 6) is -0.543. The molecule has 1 atom stereocenters. The van der Waals surface area contributed by atoms with Gasteiger partial charge in [0.15, 0.2) is 0 Å². The maximum absolute atomic E-state index is 13.3. The van der Waals surface area contributed by atoms with Gasteiger partial charge in [0, 0.05) is 39.4 Å². The molecular weight excluding hydrogens is 450 g/mol. The van der Waals surface area contributed by atoms with Gasteiger partial charge in [-0.15, -0.1) is 0 Å². The second-order valence-electron chi connectivity index (χ2n) is 8.33. The molecule has 2 aromatic rings. The number of carbonyl (C=O) groups is 1. The van der Waals surface area contributed by atoms with Gasteiger partial charge in [0.2, 0.25) is 26.0 Å². The van der Waals surface area contributed by atoms with Crippen molar-refractivity contribution in [3.8, 4) is 0 Å². The summed E-state index contributed by atoms with van der Waals surface area (Å²) in [6, 6.07) is 13.1. The minimum atomic E-state index is -3.65. The highest BCUT2D eigenvalue weighted by Crippen LogP contribution is 2.33. The maximum Gasteiger partial charge on any atom is 0.243 e. The van der Waals surface area contributed by atoms with Gasteiger partial charge < -0.3 is 4.90 Å². The molecule has 10 heteroatoms. The molecule has 2 aromatic carbocycles. The molecule has 1 amide bonds. The number of nitrogens with zero attached hydrogens (tertiary/aromatic N) is 3. The molecule has 8 nitrogen and oxygen atoms in total. The molecule has 1 unspecified atom stereocenters. The van der Waals surface area contributed by atoms with Gasteiger partial charge in [-0.3, -0.25) is 4.79 Å². The van der Waals surface area contributed by atoms with Gasteiger partial charge >= 0.3 is 0 Å². The van der Waals surface area contributed by atoms with Crippen LogP contribution < -0.4 is 4.90 Å². The van der Waals surface area contributed by atoms with Crippen molar-refractivity contribution in [3.63, 3.8) is 0 Å². The predicted octanol–water partition coefficient (Wildman–Crippen LogP) is 1.93. The molecule has 4 rings (SSSR count). The number of hydrogen-bond acceptors (Lipinski definition) is 5. The number of anilines is 1. The van der Waals surface area contributed by atoms with E-state index in [1.807, 2.05) is 0 Å². The Kier molecular flexibility index (Phi) is 6.15. The van der Waals surface area contributed by atoms with E-state index in [0.29, 0.717) is 38.0 Å². The second-order valence-corrected chi connectivity index (χ2v) is 12.4.